The molecule has 2 rings (SSSR count). The van der Waals surface area contributed by atoms with Crippen LogP contribution in [-0.2, 0) is 16.6 Å². The molecule has 1 N–H and O–H groups in total. The smallest absolute Gasteiger partial charge is 0.269 e. The molecule has 7 nitrogen and oxygen atoms in total. The zero-order chi connectivity index (χ0) is 16.3. The minimum atomic E-state index is -3.50. The minimum absolute atomic E-state index is 0.190. The lowest BCUT2D eigenvalue weighted by molar-refractivity contribution is 0.520. The minimum Gasteiger partial charge on any atom is -0.387 e. The van der Waals surface area contributed by atoms with Crippen molar-refractivity contribution in [1.82, 2.24) is 14.1 Å². The molecule has 2 aromatic rings. The quantitative estimate of drug-likeness (QED) is 0.870. The maximum atomic E-state index is 12.1. The lowest BCUT2D eigenvalue weighted by Gasteiger charge is -2.12. The summed E-state index contributed by atoms with van der Waals surface area (Å²) < 4.78 is 26.7. The fourth-order valence-corrected chi connectivity index (χ4v) is 2.85. The number of nitrogens with zero attached hydrogens (tertiary/aromatic N) is 3. The molecule has 0 radical (unpaired) electrons. The Kier molecular flexibility index (Phi) is 4.62. The molecular weight excluding hydrogens is 304 g/mol. The van der Waals surface area contributed by atoms with Crippen molar-refractivity contribution in [3.8, 4) is 0 Å². The average Bonchev–Trinajstić information content (AvgIpc) is 2.49. The van der Waals surface area contributed by atoms with Crippen molar-refractivity contribution in [2.45, 2.75) is 11.4 Å². The fourth-order valence-electron chi connectivity index (χ4n) is 1.88. The molecule has 0 fully saturated rings. The maximum absolute atomic E-state index is 12.1. The number of aromatic nitrogens is 2. The second-order valence-corrected chi connectivity index (χ2v) is 7.08. The zero-order valence-corrected chi connectivity index (χ0v) is 13.5. The molecule has 0 bridgehead atoms. The number of hydrogen-bond acceptors (Lipinski definition) is 5. The largest absolute Gasteiger partial charge is 0.387 e. The Balaban J connectivity index is 2.34. The van der Waals surface area contributed by atoms with Gasteiger partial charge in [-0.15, -0.1) is 0 Å². The molecule has 0 aliphatic rings. The molecule has 0 aliphatic carbocycles. The van der Waals surface area contributed by atoms with Gasteiger partial charge >= 0.3 is 0 Å². The highest BCUT2D eigenvalue weighted by Gasteiger charge is 2.17. The van der Waals surface area contributed by atoms with Crippen LogP contribution in [0.1, 0.15) is 5.56 Å². The molecular formula is C14H18N4O3S. The third-order valence-corrected chi connectivity index (χ3v) is 4.98. The van der Waals surface area contributed by atoms with Crippen molar-refractivity contribution in [2.75, 3.05) is 26.5 Å². The highest BCUT2D eigenvalue weighted by Crippen LogP contribution is 2.15. The van der Waals surface area contributed by atoms with Crippen LogP contribution in [0.3, 0.4) is 0 Å². The van der Waals surface area contributed by atoms with Gasteiger partial charge in [-0.25, -0.2) is 17.4 Å². The van der Waals surface area contributed by atoms with E-state index >= 15 is 0 Å². The van der Waals surface area contributed by atoms with Crippen LogP contribution >= 0.6 is 0 Å². The van der Waals surface area contributed by atoms with E-state index in [9.17, 15) is 13.2 Å². The highest BCUT2D eigenvalue weighted by atomic mass is 32.2. The Labute approximate surface area is 129 Å². The van der Waals surface area contributed by atoms with E-state index in [0.29, 0.717) is 11.3 Å². The lowest BCUT2D eigenvalue weighted by atomic mass is 10.2. The number of rotatable bonds is 5. The Bertz CT molecular complexity index is 828. The first-order valence-corrected chi connectivity index (χ1v) is 8.05. The van der Waals surface area contributed by atoms with Gasteiger partial charge in [0.05, 0.1) is 23.3 Å². The summed E-state index contributed by atoms with van der Waals surface area (Å²) in [4.78, 5) is 12.1. The Hall–Kier alpha value is -2.19. The highest BCUT2D eigenvalue weighted by molar-refractivity contribution is 7.89. The van der Waals surface area contributed by atoms with Gasteiger partial charge in [0, 0.05) is 27.2 Å². The summed E-state index contributed by atoms with van der Waals surface area (Å²) in [5.41, 5.74) is 1.06. The fraction of sp³-hybridized carbons (Fsp3) is 0.286. The van der Waals surface area contributed by atoms with Crippen LogP contribution < -0.4 is 10.9 Å². The number of nitrogens with one attached hydrogen (secondary N) is 1. The third-order valence-electron chi connectivity index (χ3n) is 3.17. The van der Waals surface area contributed by atoms with Crippen LogP contribution in [-0.4, -0.2) is 43.6 Å². The molecule has 8 heteroatoms. The van der Waals surface area contributed by atoms with Crippen molar-refractivity contribution in [2.24, 2.45) is 0 Å². The van der Waals surface area contributed by atoms with E-state index in [0.717, 1.165) is 4.31 Å². The van der Waals surface area contributed by atoms with E-state index in [4.69, 9.17) is 0 Å². The first-order chi connectivity index (χ1) is 10.3. The van der Waals surface area contributed by atoms with Gasteiger partial charge in [-0.3, -0.25) is 4.79 Å². The molecule has 1 aromatic carbocycles. The molecule has 1 aromatic heterocycles. The Morgan fingerprint density at radius 1 is 1.27 bits per heavy atom. The van der Waals surface area contributed by atoms with Crippen LogP contribution in [0.2, 0.25) is 0 Å². The van der Waals surface area contributed by atoms with Gasteiger partial charge in [0.25, 0.3) is 5.56 Å². The van der Waals surface area contributed by atoms with E-state index in [2.05, 4.69) is 10.4 Å². The summed E-state index contributed by atoms with van der Waals surface area (Å²) in [5, 5.41) is 6.89. The molecule has 22 heavy (non-hydrogen) atoms. The monoisotopic (exact) mass is 322 g/mol. The zero-order valence-electron chi connectivity index (χ0n) is 12.6. The summed E-state index contributed by atoms with van der Waals surface area (Å²) in [5.74, 6) is 0. The molecule has 0 spiro atoms. The van der Waals surface area contributed by atoms with Gasteiger partial charge in [-0.2, -0.15) is 5.10 Å². The molecule has 0 saturated carbocycles. The van der Waals surface area contributed by atoms with Crippen molar-refractivity contribution in [1.29, 1.82) is 0 Å². The number of sulfonamides is 1. The van der Waals surface area contributed by atoms with E-state index in [1.807, 2.05) is 0 Å². The summed E-state index contributed by atoms with van der Waals surface area (Å²) in [7, 11) is 1.16. The van der Waals surface area contributed by atoms with Crippen molar-refractivity contribution in [3.05, 3.63) is 52.4 Å². The lowest BCUT2D eigenvalue weighted by Crippen LogP contribution is -2.24. The molecule has 0 saturated heterocycles. The summed E-state index contributed by atoms with van der Waals surface area (Å²) in [6.07, 6.45) is 1.54. The van der Waals surface area contributed by atoms with Crippen LogP contribution in [0, 0.1) is 0 Å². The van der Waals surface area contributed by atoms with Gasteiger partial charge in [-0.1, -0.05) is 12.1 Å². The second-order valence-electron chi connectivity index (χ2n) is 4.92. The molecule has 1 heterocycles. The van der Waals surface area contributed by atoms with Crippen LogP contribution in [0.5, 0.6) is 0 Å². The number of benzene rings is 1. The first kappa shape index (κ1) is 16.2. The predicted molar refractivity (Wildman–Crippen MR) is 84.5 cm³/mol. The van der Waals surface area contributed by atoms with Gasteiger partial charge < -0.3 is 5.32 Å². The molecule has 0 unspecified atom stereocenters. The maximum Gasteiger partial charge on any atom is 0.269 e. The van der Waals surface area contributed by atoms with Crippen molar-refractivity contribution < 1.29 is 8.42 Å². The van der Waals surface area contributed by atoms with Gasteiger partial charge in [0.2, 0.25) is 10.0 Å². The molecule has 118 valence electrons. The Morgan fingerprint density at radius 3 is 2.59 bits per heavy atom. The molecule has 0 amide bonds. The van der Waals surface area contributed by atoms with Crippen molar-refractivity contribution >= 4 is 15.7 Å². The number of anilines is 1. The Morgan fingerprint density at radius 2 is 2.00 bits per heavy atom. The van der Waals surface area contributed by atoms with Crippen LogP contribution in [0.25, 0.3) is 0 Å². The summed E-state index contributed by atoms with van der Waals surface area (Å²) in [6, 6.07) is 7.93. The van der Waals surface area contributed by atoms with Gasteiger partial charge in [0.1, 0.15) is 0 Å². The SMILES string of the molecule is CNc1cnn(Cc2cccc(S(=O)(=O)N(C)C)c2)c(=O)c1. The summed E-state index contributed by atoms with van der Waals surface area (Å²) in [6.45, 7) is 0.208. The molecule has 0 atom stereocenters. The van der Waals surface area contributed by atoms with Gasteiger partial charge in [0.15, 0.2) is 0 Å². The van der Waals surface area contributed by atoms with E-state index in [1.165, 1.54) is 30.9 Å². The topological polar surface area (TPSA) is 84.3 Å². The van der Waals surface area contributed by atoms with Crippen LogP contribution in [0.4, 0.5) is 5.69 Å². The number of hydrogen-bond donors (Lipinski definition) is 1. The summed E-state index contributed by atoms with van der Waals surface area (Å²) >= 11 is 0. The van der Waals surface area contributed by atoms with Gasteiger partial charge in [-0.05, 0) is 17.7 Å². The normalized spacial score (nSPS) is 11.6. The van der Waals surface area contributed by atoms with E-state index < -0.39 is 10.0 Å². The average molecular weight is 322 g/mol. The van der Waals surface area contributed by atoms with E-state index in [-0.39, 0.29) is 17.0 Å². The second kappa shape index (κ2) is 6.29. The van der Waals surface area contributed by atoms with Crippen LogP contribution in [0.15, 0.2) is 46.2 Å². The van der Waals surface area contributed by atoms with E-state index in [1.54, 1.807) is 31.4 Å². The standard InChI is InChI=1S/C14H18N4O3S/c1-15-12-8-14(19)18(16-9-12)10-11-5-4-6-13(7-11)22(20,21)17(2)3/h4-9,15H,10H2,1-3H3. The molecule has 0 aliphatic heterocycles. The van der Waals surface area contributed by atoms with Crippen molar-refractivity contribution in [3.63, 3.8) is 0 Å². The third kappa shape index (κ3) is 3.34. The first-order valence-electron chi connectivity index (χ1n) is 6.61. The predicted octanol–water partition coefficient (Wildman–Crippen LogP) is 0.584.